The molecule has 0 amide bonds. The monoisotopic (exact) mass is 239 g/mol. The summed E-state index contributed by atoms with van der Waals surface area (Å²) in [5, 5.41) is 4.59. The molecule has 0 fully saturated rings. The van der Waals surface area contributed by atoms with Crippen molar-refractivity contribution >= 4 is 23.4 Å². The van der Waals surface area contributed by atoms with Gasteiger partial charge in [0.1, 0.15) is 11.3 Å². The van der Waals surface area contributed by atoms with Gasteiger partial charge in [-0.05, 0) is 32.0 Å². The molecular formula is C13H18ClNO. The van der Waals surface area contributed by atoms with Gasteiger partial charge >= 0.3 is 0 Å². The molecule has 1 heterocycles. The SMILES string of the molecule is CCCNC(C)c1cc2ccccc2o1.Cl. The first-order chi connectivity index (χ1) is 7.31. The number of benzene rings is 1. The van der Waals surface area contributed by atoms with Gasteiger partial charge in [-0.2, -0.15) is 0 Å². The Hall–Kier alpha value is -0.990. The lowest BCUT2D eigenvalue weighted by Gasteiger charge is -2.09. The second-order valence-electron chi connectivity index (χ2n) is 3.86. The predicted molar refractivity (Wildman–Crippen MR) is 70.2 cm³/mol. The Morgan fingerprint density at radius 3 is 2.75 bits per heavy atom. The van der Waals surface area contributed by atoms with Crippen molar-refractivity contribution in [3.05, 3.63) is 36.1 Å². The molecule has 2 nitrogen and oxygen atoms in total. The van der Waals surface area contributed by atoms with Crippen molar-refractivity contribution in [3.8, 4) is 0 Å². The Morgan fingerprint density at radius 1 is 1.31 bits per heavy atom. The van der Waals surface area contributed by atoms with Crippen molar-refractivity contribution in [3.63, 3.8) is 0 Å². The van der Waals surface area contributed by atoms with Crippen LogP contribution < -0.4 is 5.32 Å². The van der Waals surface area contributed by atoms with Crippen molar-refractivity contribution in [1.29, 1.82) is 0 Å². The van der Waals surface area contributed by atoms with Gasteiger partial charge in [0.15, 0.2) is 0 Å². The molecule has 88 valence electrons. The van der Waals surface area contributed by atoms with Crippen molar-refractivity contribution in [2.24, 2.45) is 0 Å². The molecule has 1 N–H and O–H groups in total. The predicted octanol–water partition coefficient (Wildman–Crippen LogP) is 3.92. The van der Waals surface area contributed by atoms with Crippen molar-refractivity contribution < 1.29 is 4.42 Å². The summed E-state index contributed by atoms with van der Waals surface area (Å²) in [5.41, 5.74) is 0.970. The number of furan rings is 1. The van der Waals surface area contributed by atoms with Crippen LogP contribution in [0.4, 0.5) is 0 Å². The number of halogens is 1. The molecule has 1 unspecified atom stereocenters. The molecule has 0 aliphatic rings. The van der Waals surface area contributed by atoms with Crippen LogP contribution in [0.25, 0.3) is 11.0 Å². The first-order valence-electron chi connectivity index (χ1n) is 5.53. The quantitative estimate of drug-likeness (QED) is 0.875. The van der Waals surface area contributed by atoms with E-state index in [-0.39, 0.29) is 18.4 Å². The minimum atomic E-state index is 0. The molecule has 1 aromatic heterocycles. The summed E-state index contributed by atoms with van der Waals surface area (Å²) in [6.07, 6.45) is 1.14. The summed E-state index contributed by atoms with van der Waals surface area (Å²) in [7, 11) is 0. The minimum Gasteiger partial charge on any atom is -0.459 e. The molecule has 2 rings (SSSR count). The van der Waals surface area contributed by atoms with E-state index in [1.165, 1.54) is 5.39 Å². The second-order valence-corrected chi connectivity index (χ2v) is 3.86. The zero-order valence-corrected chi connectivity index (χ0v) is 10.5. The Balaban J connectivity index is 0.00000128. The third-order valence-electron chi connectivity index (χ3n) is 2.57. The van der Waals surface area contributed by atoms with E-state index in [0.29, 0.717) is 0 Å². The zero-order valence-electron chi connectivity index (χ0n) is 9.69. The summed E-state index contributed by atoms with van der Waals surface area (Å²) >= 11 is 0. The van der Waals surface area contributed by atoms with E-state index in [1.807, 2.05) is 18.2 Å². The molecule has 0 aliphatic heterocycles. The van der Waals surface area contributed by atoms with Crippen LogP contribution in [0.15, 0.2) is 34.7 Å². The summed E-state index contributed by atoms with van der Waals surface area (Å²) < 4.78 is 5.76. The fraction of sp³-hybridized carbons (Fsp3) is 0.385. The zero-order chi connectivity index (χ0) is 10.7. The molecule has 0 saturated carbocycles. The summed E-state index contributed by atoms with van der Waals surface area (Å²) in [6, 6.07) is 10.5. The average Bonchev–Trinajstić information content (AvgIpc) is 2.69. The molecule has 0 spiro atoms. The molecule has 1 aromatic carbocycles. The van der Waals surface area contributed by atoms with E-state index in [2.05, 4.69) is 31.3 Å². The summed E-state index contributed by atoms with van der Waals surface area (Å²) in [4.78, 5) is 0. The Labute approximate surface area is 102 Å². The second kappa shape index (κ2) is 5.92. The fourth-order valence-electron chi connectivity index (χ4n) is 1.68. The van der Waals surface area contributed by atoms with E-state index in [4.69, 9.17) is 4.42 Å². The third kappa shape index (κ3) is 2.77. The first kappa shape index (κ1) is 13.1. The number of fused-ring (bicyclic) bond motifs is 1. The Bertz CT molecular complexity index is 405. The van der Waals surface area contributed by atoms with Crippen molar-refractivity contribution in [2.75, 3.05) is 6.54 Å². The molecule has 0 aliphatic carbocycles. The van der Waals surface area contributed by atoms with Crippen LogP contribution >= 0.6 is 12.4 Å². The van der Waals surface area contributed by atoms with Gasteiger partial charge in [0.25, 0.3) is 0 Å². The number of rotatable bonds is 4. The highest BCUT2D eigenvalue weighted by atomic mass is 35.5. The van der Waals surface area contributed by atoms with Gasteiger partial charge in [-0.25, -0.2) is 0 Å². The van der Waals surface area contributed by atoms with E-state index < -0.39 is 0 Å². The van der Waals surface area contributed by atoms with Crippen LogP contribution in [-0.4, -0.2) is 6.54 Å². The van der Waals surface area contributed by atoms with Crippen LogP contribution in [0, 0.1) is 0 Å². The van der Waals surface area contributed by atoms with Crippen LogP contribution in [0.5, 0.6) is 0 Å². The van der Waals surface area contributed by atoms with Gasteiger partial charge in [-0.15, -0.1) is 12.4 Å². The first-order valence-corrected chi connectivity index (χ1v) is 5.53. The highest BCUT2D eigenvalue weighted by molar-refractivity contribution is 5.85. The lowest BCUT2D eigenvalue weighted by molar-refractivity contribution is 0.452. The lowest BCUT2D eigenvalue weighted by Crippen LogP contribution is -2.18. The van der Waals surface area contributed by atoms with E-state index in [1.54, 1.807) is 0 Å². The average molecular weight is 240 g/mol. The van der Waals surface area contributed by atoms with Gasteiger partial charge in [-0.3, -0.25) is 0 Å². The number of para-hydroxylation sites is 1. The fourth-order valence-corrected chi connectivity index (χ4v) is 1.68. The Morgan fingerprint density at radius 2 is 2.06 bits per heavy atom. The number of hydrogen-bond donors (Lipinski definition) is 1. The van der Waals surface area contributed by atoms with E-state index in [9.17, 15) is 0 Å². The molecule has 0 bridgehead atoms. The largest absolute Gasteiger partial charge is 0.459 e. The van der Waals surface area contributed by atoms with Gasteiger partial charge in [-0.1, -0.05) is 25.1 Å². The summed E-state index contributed by atoms with van der Waals surface area (Å²) in [6.45, 7) is 5.32. The molecule has 1 atom stereocenters. The van der Waals surface area contributed by atoms with Gasteiger partial charge in [0.2, 0.25) is 0 Å². The molecule has 0 radical (unpaired) electrons. The smallest absolute Gasteiger partial charge is 0.134 e. The van der Waals surface area contributed by atoms with Crippen LogP contribution in [-0.2, 0) is 0 Å². The number of nitrogens with one attached hydrogen (secondary N) is 1. The van der Waals surface area contributed by atoms with Gasteiger partial charge < -0.3 is 9.73 Å². The summed E-state index contributed by atoms with van der Waals surface area (Å²) in [5.74, 6) is 1.02. The molecular weight excluding hydrogens is 222 g/mol. The number of hydrogen-bond acceptors (Lipinski definition) is 2. The third-order valence-corrected chi connectivity index (χ3v) is 2.57. The highest BCUT2D eigenvalue weighted by Crippen LogP contribution is 2.23. The molecule has 3 heteroatoms. The normalized spacial score (nSPS) is 12.4. The van der Waals surface area contributed by atoms with Crippen LogP contribution in [0.3, 0.4) is 0 Å². The highest BCUT2D eigenvalue weighted by Gasteiger charge is 2.09. The standard InChI is InChI=1S/C13H17NO.ClH/c1-3-8-14-10(2)13-9-11-6-4-5-7-12(11)15-13;/h4-7,9-10,14H,3,8H2,1-2H3;1H. The van der Waals surface area contributed by atoms with Gasteiger partial charge in [0, 0.05) is 5.39 Å². The lowest BCUT2D eigenvalue weighted by atomic mass is 10.2. The van der Waals surface area contributed by atoms with Gasteiger partial charge in [0.05, 0.1) is 6.04 Å². The van der Waals surface area contributed by atoms with E-state index >= 15 is 0 Å². The maximum Gasteiger partial charge on any atom is 0.134 e. The minimum absolute atomic E-state index is 0. The maximum atomic E-state index is 5.76. The topological polar surface area (TPSA) is 25.2 Å². The van der Waals surface area contributed by atoms with Crippen LogP contribution in [0.2, 0.25) is 0 Å². The molecule has 16 heavy (non-hydrogen) atoms. The van der Waals surface area contributed by atoms with Crippen molar-refractivity contribution in [2.45, 2.75) is 26.3 Å². The maximum absolute atomic E-state index is 5.76. The molecule has 0 saturated heterocycles. The van der Waals surface area contributed by atoms with Crippen molar-refractivity contribution in [1.82, 2.24) is 5.32 Å². The Kier molecular flexibility index (Phi) is 4.84. The molecule has 2 aromatic rings. The van der Waals surface area contributed by atoms with Crippen LogP contribution in [0.1, 0.15) is 32.1 Å². The van der Waals surface area contributed by atoms with E-state index in [0.717, 1.165) is 24.3 Å².